The van der Waals surface area contributed by atoms with Gasteiger partial charge in [-0.3, -0.25) is 4.79 Å². The smallest absolute Gasteiger partial charge is 0.228 e. The number of hydrogen-bond donors (Lipinski definition) is 1. The first-order chi connectivity index (χ1) is 20.1. The number of benzene rings is 3. The highest BCUT2D eigenvalue weighted by atomic mass is 32.1. The molecule has 208 valence electrons. The Morgan fingerprint density at radius 2 is 1.85 bits per heavy atom. The lowest BCUT2D eigenvalue weighted by atomic mass is 10.0. The van der Waals surface area contributed by atoms with Crippen molar-refractivity contribution in [3.63, 3.8) is 0 Å². The summed E-state index contributed by atoms with van der Waals surface area (Å²) in [4.78, 5) is 25.4. The van der Waals surface area contributed by atoms with Crippen LogP contribution in [0.3, 0.4) is 0 Å². The summed E-state index contributed by atoms with van der Waals surface area (Å²) in [6.07, 6.45) is 4.21. The Morgan fingerprint density at radius 3 is 2.63 bits per heavy atom. The lowest BCUT2D eigenvalue weighted by molar-refractivity contribution is -0.131. The minimum atomic E-state index is 0.201. The Kier molecular flexibility index (Phi) is 7.82. The van der Waals surface area contributed by atoms with E-state index in [0.29, 0.717) is 25.6 Å². The molecule has 0 aliphatic heterocycles. The first kappa shape index (κ1) is 26.8. The van der Waals surface area contributed by atoms with Crippen molar-refractivity contribution in [1.82, 2.24) is 14.9 Å². The molecule has 5 aromatic rings. The molecule has 1 aliphatic carbocycles. The summed E-state index contributed by atoms with van der Waals surface area (Å²) < 4.78 is 10.9. The van der Waals surface area contributed by atoms with Gasteiger partial charge in [-0.15, -0.1) is 11.3 Å². The monoisotopic (exact) mass is 564 g/mol. The van der Waals surface area contributed by atoms with Crippen molar-refractivity contribution in [2.75, 3.05) is 19.5 Å². The fraction of sp³-hybridized carbons (Fsp3) is 0.242. The van der Waals surface area contributed by atoms with E-state index in [2.05, 4.69) is 56.6 Å². The molecule has 1 N–H and O–H groups in total. The number of carbonyl (C=O) groups excluding carboxylic acids is 1. The van der Waals surface area contributed by atoms with Crippen molar-refractivity contribution in [1.29, 1.82) is 0 Å². The summed E-state index contributed by atoms with van der Waals surface area (Å²) in [6, 6.07) is 24.9. The number of amides is 1. The average molecular weight is 565 g/mol. The van der Waals surface area contributed by atoms with Gasteiger partial charge in [-0.2, -0.15) is 0 Å². The van der Waals surface area contributed by atoms with Crippen LogP contribution < -0.4 is 14.8 Å². The fourth-order valence-electron chi connectivity index (χ4n) is 5.07. The molecule has 8 heteroatoms. The predicted molar refractivity (Wildman–Crippen MR) is 163 cm³/mol. The average Bonchev–Trinajstić information content (AvgIpc) is 3.73. The number of methoxy groups -OCH3 is 2. The number of rotatable bonds is 11. The Morgan fingerprint density at radius 1 is 0.976 bits per heavy atom. The Bertz CT molecular complexity index is 1670. The van der Waals surface area contributed by atoms with E-state index in [0.717, 1.165) is 68.2 Å². The predicted octanol–water partition coefficient (Wildman–Crippen LogP) is 6.72. The lowest BCUT2D eigenvalue weighted by Gasteiger charge is -2.23. The van der Waals surface area contributed by atoms with Crippen molar-refractivity contribution in [2.24, 2.45) is 0 Å². The second-order valence-electron chi connectivity index (χ2n) is 10.2. The molecule has 1 amide bonds. The van der Waals surface area contributed by atoms with E-state index in [4.69, 9.17) is 9.47 Å². The van der Waals surface area contributed by atoms with Crippen LogP contribution in [0.4, 0.5) is 5.82 Å². The van der Waals surface area contributed by atoms with Gasteiger partial charge in [-0.05, 0) is 71.3 Å². The largest absolute Gasteiger partial charge is 0.497 e. The third-order valence-corrected chi connectivity index (χ3v) is 8.28. The Labute approximate surface area is 243 Å². The Balaban J connectivity index is 1.23. The van der Waals surface area contributed by atoms with E-state index in [-0.39, 0.29) is 5.91 Å². The number of thiophene rings is 1. The van der Waals surface area contributed by atoms with Crippen LogP contribution in [0.5, 0.6) is 11.5 Å². The van der Waals surface area contributed by atoms with Crippen LogP contribution >= 0.6 is 11.3 Å². The number of hydrogen-bond acceptors (Lipinski definition) is 7. The first-order valence-electron chi connectivity index (χ1n) is 13.7. The van der Waals surface area contributed by atoms with Gasteiger partial charge in [-0.1, -0.05) is 30.3 Å². The van der Waals surface area contributed by atoms with Gasteiger partial charge in [0.05, 0.1) is 26.2 Å². The molecule has 2 aromatic heterocycles. The van der Waals surface area contributed by atoms with Crippen molar-refractivity contribution in [3.8, 4) is 22.6 Å². The van der Waals surface area contributed by atoms with Crippen LogP contribution in [0, 0.1) is 0 Å². The number of ether oxygens (including phenoxy) is 2. The molecule has 0 unspecified atom stereocenters. The van der Waals surface area contributed by atoms with Gasteiger partial charge < -0.3 is 19.7 Å². The molecule has 0 spiro atoms. The van der Waals surface area contributed by atoms with E-state index in [1.165, 1.54) is 0 Å². The number of anilines is 1. The zero-order valence-corrected chi connectivity index (χ0v) is 24.0. The van der Waals surface area contributed by atoms with E-state index in [1.54, 1.807) is 31.9 Å². The van der Waals surface area contributed by atoms with Crippen LogP contribution in [-0.4, -0.2) is 41.0 Å². The maximum absolute atomic E-state index is 13.2. The van der Waals surface area contributed by atoms with E-state index in [9.17, 15) is 4.79 Å². The summed E-state index contributed by atoms with van der Waals surface area (Å²) in [5.41, 5.74) is 5.16. The van der Waals surface area contributed by atoms with Gasteiger partial charge >= 0.3 is 0 Å². The summed E-state index contributed by atoms with van der Waals surface area (Å²) in [6.45, 7) is 1.16. The highest BCUT2D eigenvalue weighted by Crippen LogP contribution is 2.32. The van der Waals surface area contributed by atoms with Gasteiger partial charge in [0, 0.05) is 41.0 Å². The molecular weight excluding hydrogens is 532 g/mol. The maximum atomic E-state index is 13.2. The third kappa shape index (κ3) is 6.18. The molecule has 0 atom stereocenters. The van der Waals surface area contributed by atoms with Gasteiger partial charge in [-0.25, -0.2) is 9.97 Å². The van der Waals surface area contributed by atoms with Crippen molar-refractivity contribution in [3.05, 3.63) is 101 Å². The van der Waals surface area contributed by atoms with Crippen LogP contribution in [0.25, 0.3) is 22.0 Å². The van der Waals surface area contributed by atoms with E-state index in [1.807, 2.05) is 41.8 Å². The van der Waals surface area contributed by atoms with Crippen molar-refractivity contribution in [2.45, 2.75) is 38.4 Å². The highest BCUT2D eigenvalue weighted by molar-refractivity contribution is 7.10. The molecule has 3 aromatic carbocycles. The number of aromatic nitrogens is 2. The molecule has 6 rings (SSSR count). The van der Waals surface area contributed by atoms with Crippen LogP contribution in [0.15, 0.2) is 84.5 Å². The molecule has 41 heavy (non-hydrogen) atoms. The minimum Gasteiger partial charge on any atom is -0.497 e. The quantitative estimate of drug-likeness (QED) is 0.192. The molecular formula is C33H32N4O3S. The topological polar surface area (TPSA) is 76.6 Å². The van der Waals surface area contributed by atoms with E-state index < -0.39 is 0 Å². The van der Waals surface area contributed by atoms with Gasteiger partial charge in [0.25, 0.3) is 0 Å². The van der Waals surface area contributed by atoms with Gasteiger partial charge in [0.1, 0.15) is 23.6 Å². The molecule has 0 radical (unpaired) electrons. The van der Waals surface area contributed by atoms with Gasteiger partial charge in [0.15, 0.2) is 0 Å². The number of fused-ring (bicyclic) bond motifs is 1. The number of nitrogens with one attached hydrogen (secondary N) is 1. The van der Waals surface area contributed by atoms with E-state index >= 15 is 0 Å². The number of carbonyl (C=O) groups is 1. The maximum Gasteiger partial charge on any atom is 0.228 e. The molecule has 2 heterocycles. The van der Waals surface area contributed by atoms with Crippen LogP contribution in [-0.2, 0) is 24.3 Å². The SMILES string of the molecule is COc1ccc(CNc2ncnc3ccc(-c4cccc(CN(C(=O)Cc5cccs5)C5CC5)c4)cc23)c(OC)c1. The second kappa shape index (κ2) is 12.0. The first-order valence-corrected chi connectivity index (χ1v) is 14.6. The highest BCUT2D eigenvalue weighted by Gasteiger charge is 2.32. The molecule has 7 nitrogen and oxygen atoms in total. The summed E-state index contributed by atoms with van der Waals surface area (Å²) in [5.74, 6) is 2.45. The summed E-state index contributed by atoms with van der Waals surface area (Å²) in [7, 11) is 3.30. The normalized spacial score (nSPS) is 12.7. The fourth-order valence-corrected chi connectivity index (χ4v) is 5.77. The van der Waals surface area contributed by atoms with Crippen molar-refractivity contribution >= 4 is 34.0 Å². The lowest BCUT2D eigenvalue weighted by Crippen LogP contribution is -2.33. The van der Waals surface area contributed by atoms with Crippen molar-refractivity contribution < 1.29 is 14.3 Å². The van der Waals surface area contributed by atoms with Gasteiger partial charge in [0.2, 0.25) is 5.91 Å². The summed E-state index contributed by atoms with van der Waals surface area (Å²) >= 11 is 1.64. The molecule has 1 saturated carbocycles. The zero-order valence-electron chi connectivity index (χ0n) is 23.2. The minimum absolute atomic E-state index is 0.201. The molecule has 1 fully saturated rings. The van der Waals surface area contributed by atoms with Crippen LogP contribution in [0.2, 0.25) is 0 Å². The molecule has 0 saturated heterocycles. The number of nitrogens with zero attached hydrogens (tertiary/aromatic N) is 3. The standard InChI is InChI=1S/C33H32N4O3S/c1-39-27-12-8-25(31(17-27)40-2)19-34-33-29-16-24(9-13-30(29)35-21-36-33)23-6-3-5-22(15-23)20-37(26-10-11-26)32(38)18-28-7-4-14-41-28/h3-9,12-17,21,26H,10-11,18-20H2,1-2H3,(H,34,35,36). The second-order valence-corrected chi connectivity index (χ2v) is 11.2. The third-order valence-electron chi connectivity index (χ3n) is 7.40. The summed E-state index contributed by atoms with van der Waals surface area (Å²) in [5, 5.41) is 6.43. The zero-order chi connectivity index (χ0) is 28.2. The Hall–Kier alpha value is -4.43. The molecule has 1 aliphatic rings. The van der Waals surface area contributed by atoms with Crippen LogP contribution in [0.1, 0.15) is 28.8 Å². The molecule has 0 bridgehead atoms.